The number of aromatic nitrogens is 3. The molecule has 0 spiro atoms. The van der Waals surface area contributed by atoms with E-state index in [1.54, 1.807) is 11.3 Å². The molecule has 15 heavy (non-hydrogen) atoms. The number of aryl methyl sites for hydroxylation is 2. The van der Waals surface area contributed by atoms with Crippen molar-refractivity contribution >= 4 is 23.6 Å². The van der Waals surface area contributed by atoms with E-state index in [0.29, 0.717) is 0 Å². The van der Waals surface area contributed by atoms with Gasteiger partial charge in [-0.3, -0.25) is 0 Å². The molecule has 0 aliphatic rings. The van der Waals surface area contributed by atoms with Gasteiger partial charge in [-0.05, 0) is 25.6 Å². The number of aromatic amines is 1. The molecule has 0 saturated carbocycles. The second-order valence-electron chi connectivity index (χ2n) is 3.39. The lowest BCUT2D eigenvalue weighted by molar-refractivity contribution is 0.731. The van der Waals surface area contributed by atoms with Gasteiger partial charge in [0.15, 0.2) is 4.77 Å². The molecule has 2 rings (SSSR count). The summed E-state index contributed by atoms with van der Waals surface area (Å²) in [5.74, 6) is 0. The van der Waals surface area contributed by atoms with Crippen molar-refractivity contribution in [2.75, 3.05) is 0 Å². The smallest absolute Gasteiger partial charge is 0.177 e. The van der Waals surface area contributed by atoms with E-state index in [4.69, 9.17) is 12.2 Å². The van der Waals surface area contributed by atoms with Gasteiger partial charge in [-0.1, -0.05) is 6.92 Å². The van der Waals surface area contributed by atoms with Crippen LogP contribution < -0.4 is 0 Å². The Morgan fingerprint density at radius 3 is 3.00 bits per heavy atom. The minimum Gasteiger partial charge on any atom is -0.337 e. The predicted octanol–water partition coefficient (Wildman–Crippen LogP) is 2.92. The number of hydrogen-bond donors (Lipinski definition) is 1. The maximum absolute atomic E-state index is 5.23. The highest BCUT2D eigenvalue weighted by molar-refractivity contribution is 7.71. The zero-order chi connectivity index (χ0) is 10.8. The summed E-state index contributed by atoms with van der Waals surface area (Å²) in [4.78, 5) is 8.66. The highest BCUT2D eigenvalue weighted by Gasteiger charge is 2.05. The highest BCUT2D eigenvalue weighted by Crippen LogP contribution is 2.14. The van der Waals surface area contributed by atoms with Gasteiger partial charge in [0, 0.05) is 23.0 Å². The zero-order valence-corrected chi connectivity index (χ0v) is 10.4. The number of thiazole rings is 1. The summed E-state index contributed by atoms with van der Waals surface area (Å²) in [6.07, 6.45) is 4.86. The van der Waals surface area contributed by atoms with Crippen LogP contribution in [0.4, 0.5) is 0 Å². The third-order valence-corrected chi connectivity index (χ3v) is 3.51. The number of nitrogens with zero attached hydrogens (tertiary/aromatic N) is 2. The Balaban J connectivity index is 2.31. The molecule has 5 heteroatoms. The van der Waals surface area contributed by atoms with Crippen molar-refractivity contribution in [3.8, 4) is 0 Å². The van der Waals surface area contributed by atoms with Gasteiger partial charge in [0.25, 0.3) is 0 Å². The fourth-order valence-electron chi connectivity index (χ4n) is 1.51. The molecule has 80 valence electrons. The van der Waals surface area contributed by atoms with Gasteiger partial charge in [0.05, 0.1) is 6.54 Å². The molecule has 0 fully saturated rings. The third-order valence-electron chi connectivity index (χ3n) is 2.28. The summed E-state index contributed by atoms with van der Waals surface area (Å²) < 4.78 is 2.88. The molecule has 0 saturated heterocycles. The minimum atomic E-state index is 0.778. The lowest BCUT2D eigenvalue weighted by atomic mass is 10.3. The Kier molecular flexibility index (Phi) is 3.02. The molecule has 2 aromatic rings. The largest absolute Gasteiger partial charge is 0.337 e. The minimum absolute atomic E-state index is 0.778. The molecule has 0 aliphatic heterocycles. The molecule has 0 radical (unpaired) electrons. The van der Waals surface area contributed by atoms with Crippen molar-refractivity contribution in [2.24, 2.45) is 0 Å². The summed E-state index contributed by atoms with van der Waals surface area (Å²) in [6.45, 7) is 4.98. The molecule has 2 aromatic heterocycles. The first-order valence-corrected chi connectivity index (χ1v) is 6.11. The standard InChI is InChI=1S/C10H13N3S2/c1-3-8-5-12-10(14)13(8)6-9-11-4-7(2)15-9/h4-5H,3,6H2,1-2H3,(H,12,14). The van der Waals surface area contributed by atoms with Crippen molar-refractivity contribution in [1.82, 2.24) is 14.5 Å². The Hall–Kier alpha value is -0.940. The van der Waals surface area contributed by atoms with Crippen molar-refractivity contribution in [2.45, 2.75) is 26.8 Å². The van der Waals surface area contributed by atoms with Gasteiger partial charge in [-0.2, -0.15) is 0 Å². The Morgan fingerprint density at radius 1 is 1.60 bits per heavy atom. The second kappa shape index (κ2) is 4.28. The van der Waals surface area contributed by atoms with Crippen LogP contribution in [0.2, 0.25) is 0 Å². The molecule has 2 heterocycles. The van der Waals surface area contributed by atoms with Gasteiger partial charge in [-0.15, -0.1) is 11.3 Å². The van der Waals surface area contributed by atoms with E-state index in [2.05, 4.69) is 28.4 Å². The van der Waals surface area contributed by atoms with E-state index in [1.165, 1.54) is 10.6 Å². The number of nitrogens with one attached hydrogen (secondary N) is 1. The molecule has 0 aliphatic carbocycles. The van der Waals surface area contributed by atoms with Gasteiger partial charge in [0.2, 0.25) is 0 Å². The maximum atomic E-state index is 5.23. The summed E-state index contributed by atoms with van der Waals surface area (Å²) in [6, 6.07) is 0. The van der Waals surface area contributed by atoms with Gasteiger partial charge in [0.1, 0.15) is 5.01 Å². The Bertz CT molecular complexity index is 507. The maximum Gasteiger partial charge on any atom is 0.177 e. The zero-order valence-electron chi connectivity index (χ0n) is 8.78. The summed E-state index contributed by atoms with van der Waals surface area (Å²) in [7, 11) is 0. The van der Waals surface area contributed by atoms with Crippen LogP contribution in [-0.4, -0.2) is 14.5 Å². The van der Waals surface area contributed by atoms with E-state index in [1.807, 2.05) is 12.4 Å². The SMILES string of the molecule is CCc1c[nH]c(=S)n1Cc1ncc(C)s1. The molecular formula is C10H13N3S2. The topological polar surface area (TPSA) is 33.6 Å². The molecule has 3 nitrogen and oxygen atoms in total. The van der Waals surface area contributed by atoms with E-state index in [9.17, 15) is 0 Å². The van der Waals surface area contributed by atoms with Crippen LogP contribution in [0.3, 0.4) is 0 Å². The van der Waals surface area contributed by atoms with Crippen LogP contribution in [-0.2, 0) is 13.0 Å². The molecule has 0 aromatic carbocycles. The lowest BCUT2D eigenvalue weighted by Gasteiger charge is -2.03. The third kappa shape index (κ3) is 2.18. The highest BCUT2D eigenvalue weighted by atomic mass is 32.1. The number of imidazole rings is 1. The van der Waals surface area contributed by atoms with Crippen LogP contribution in [0.15, 0.2) is 12.4 Å². The Morgan fingerprint density at radius 2 is 2.40 bits per heavy atom. The molecule has 0 unspecified atom stereocenters. The van der Waals surface area contributed by atoms with Crippen LogP contribution in [0.1, 0.15) is 22.5 Å². The molecule has 0 amide bonds. The van der Waals surface area contributed by atoms with Gasteiger partial charge in [-0.25, -0.2) is 4.98 Å². The number of hydrogen-bond acceptors (Lipinski definition) is 3. The van der Waals surface area contributed by atoms with Crippen LogP contribution >= 0.6 is 23.6 Å². The summed E-state index contributed by atoms with van der Waals surface area (Å²) in [5.41, 5.74) is 1.23. The molecule has 0 bridgehead atoms. The van der Waals surface area contributed by atoms with E-state index >= 15 is 0 Å². The average Bonchev–Trinajstić information content (AvgIpc) is 2.76. The second-order valence-corrected chi connectivity index (χ2v) is 5.10. The van der Waals surface area contributed by atoms with Crippen molar-refractivity contribution in [3.05, 3.63) is 32.7 Å². The quantitative estimate of drug-likeness (QED) is 0.836. The average molecular weight is 239 g/mol. The van der Waals surface area contributed by atoms with Crippen LogP contribution in [0.25, 0.3) is 0 Å². The van der Waals surface area contributed by atoms with Crippen molar-refractivity contribution in [1.29, 1.82) is 0 Å². The van der Waals surface area contributed by atoms with E-state index in [0.717, 1.165) is 22.7 Å². The fourth-order valence-corrected chi connectivity index (χ4v) is 2.52. The monoisotopic (exact) mass is 239 g/mol. The lowest BCUT2D eigenvalue weighted by Crippen LogP contribution is -2.03. The number of rotatable bonds is 3. The summed E-state index contributed by atoms with van der Waals surface area (Å²) in [5, 5.41) is 1.11. The molecule has 0 atom stereocenters. The first-order valence-electron chi connectivity index (χ1n) is 4.89. The van der Waals surface area contributed by atoms with Crippen molar-refractivity contribution < 1.29 is 0 Å². The van der Waals surface area contributed by atoms with Gasteiger partial charge >= 0.3 is 0 Å². The summed E-state index contributed by atoms with van der Waals surface area (Å²) >= 11 is 6.95. The number of H-pyrrole nitrogens is 1. The first-order chi connectivity index (χ1) is 7.20. The molecule has 1 N–H and O–H groups in total. The Labute approximate surface area is 97.8 Å². The fraction of sp³-hybridized carbons (Fsp3) is 0.400. The van der Waals surface area contributed by atoms with Crippen molar-refractivity contribution in [3.63, 3.8) is 0 Å². The molecular weight excluding hydrogens is 226 g/mol. The van der Waals surface area contributed by atoms with Crippen LogP contribution in [0.5, 0.6) is 0 Å². The van der Waals surface area contributed by atoms with E-state index in [-0.39, 0.29) is 0 Å². The predicted molar refractivity (Wildman–Crippen MR) is 64.9 cm³/mol. The van der Waals surface area contributed by atoms with Gasteiger partial charge < -0.3 is 9.55 Å². The van der Waals surface area contributed by atoms with E-state index < -0.39 is 0 Å². The van der Waals surface area contributed by atoms with Crippen LogP contribution in [0, 0.1) is 11.7 Å². The normalized spacial score (nSPS) is 10.8. The first kappa shape index (κ1) is 10.6.